The van der Waals surface area contributed by atoms with Gasteiger partial charge in [-0.05, 0) is 35.2 Å². The van der Waals surface area contributed by atoms with Gasteiger partial charge in [0.15, 0.2) is 0 Å². The van der Waals surface area contributed by atoms with Crippen LogP contribution in [0.4, 0.5) is 0 Å². The van der Waals surface area contributed by atoms with E-state index in [0.717, 1.165) is 10.4 Å². The van der Waals surface area contributed by atoms with Crippen molar-refractivity contribution in [1.29, 1.82) is 0 Å². The second kappa shape index (κ2) is 7.21. The Hall–Kier alpha value is -2.44. The van der Waals surface area contributed by atoms with Crippen LogP contribution in [0.5, 0.6) is 0 Å². The first-order valence-electron chi connectivity index (χ1n) is 6.78. The van der Waals surface area contributed by atoms with Crippen LogP contribution < -0.4 is 5.32 Å². The van der Waals surface area contributed by atoms with Gasteiger partial charge in [0.05, 0.1) is 11.4 Å². The van der Waals surface area contributed by atoms with E-state index in [4.69, 9.17) is 16.1 Å². The zero-order valence-electron chi connectivity index (χ0n) is 11.9. The Morgan fingerprint density at radius 1 is 1.30 bits per heavy atom. The number of aromatic nitrogens is 2. The molecular weight excluding hydrogens is 334 g/mol. The number of rotatable bonds is 5. The van der Waals surface area contributed by atoms with Crippen LogP contribution in [0.3, 0.4) is 0 Å². The Balaban J connectivity index is 1.54. The maximum atomic E-state index is 11.8. The molecule has 1 amide bonds. The van der Waals surface area contributed by atoms with Crippen LogP contribution in [0.25, 0.3) is 16.8 Å². The molecule has 5 nitrogen and oxygen atoms in total. The SMILES string of the molecule is O=C(/C=C/c1ccc(Cl)cc1)NCc1nc(-c2cccs2)no1. The second-order valence-electron chi connectivity index (χ2n) is 4.59. The third kappa shape index (κ3) is 4.28. The average molecular weight is 346 g/mol. The lowest BCUT2D eigenvalue weighted by atomic mass is 10.2. The van der Waals surface area contributed by atoms with Crippen molar-refractivity contribution in [3.63, 3.8) is 0 Å². The van der Waals surface area contributed by atoms with Crippen molar-refractivity contribution in [3.8, 4) is 10.7 Å². The third-order valence-electron chi connectivity index (χ3n) is 2.92. The number of thiophene rings is 1. The van der Waals surface area contributed by atoms with Gasteiger partial charge in [-0.3, -0.25) is 4.79 Å². The highest BCUT2D eigenvalue weighted by atomic mass is 35.5. The third-order valence-corrected chi connectivity index (χ3v) is 4.04. The monoisotopic (exact) mass is 345 g/mol. The molecule has 0 saturated heterocycles. The fraction of sp³-hybridized carbons (Fsp3) is 0.0625. The summed E-state index contributed by atoms with van der Waals surface area (Å²) in [6.45, 7) is 0.183. The highest BCUT2D eigenvalue weighted by molar-refractivity contribution is 7.13. The van der Waals surface area contributed by atoms with Gasteiger partial charge in [0.2, 0.25) is 17.6 Å². The zero-order chi connectivity index (χ0) is 16.1. The highest BCUT2D eigenvalue weighted by Crippen LogP contribution is 2.21. The predicted octanol–water partition coefficient (Wildman–Crippen LogP) is 3.78. The van der Waals surface area contributed by atoms with E-state index < -0.39 is 0 Å². The highest BCUT2D eigenvalue weighted by Gasteiger charge is 2.09. The number of halogens is 1. The van der Waals surface area contributed by atoms with Crippen LogP contribution >= 0.6 is 22.9 Å². The average Bonchev–Trinajstić information content (AvgIpc) is 3.23. The van der Waals surface area contributed by atoms with Gasteiger partial charge in [-0.25, -0.2) is 0 Å². The summed E-state index contributed by atoms with van der Waals surface area (Å²) in [7, 11) is 0. The van der Waals surface area contributed by atoms with Crippen LogP contribution in [0.2, 0.25) is 5.02 Å². The Morgan fingerprint density at radius 3 is 2.87 bits per heavy atom. The van der Waals surface area contributed by atoms with Gasteiger partial charge >= 0.3 is 0 Å². The molecule has 0 fully saturated rings. The lowest BCUT2D eigenvalue weighted by Gasteiger charge is -1.97. The zero-order valence-corrected chi connectivity index (χ0v) is 13.5. The number of nitrogens with zero attached hydrogens (tertiary/aromatic N) is 2. The van der Waals surface area contributed by atoms with Crippen molar-refractivity contribution in [2.24, 2.45) is 0 Å². The Bertz CT molecular complexity index is 810. The summed E-state index contributed by atoms with van der Waals surface area (Å²) in [6, 6.07) is 11.0. The van der Waals surface area contributed by atoms with Crippen molar-refractivity contribution in [2.75, 3.05) is 0 Å². The molecule has 0 unspecified atom stereocenters. The fourth-order valence-corrected chi connectivity index (χ4v) is 2.58. The molecule has 3 aromatic rings. The first-order chi connectivity index (χ1) is 11.2. The molecule has 7 heteroatoms. The van der Waals surface area contributed by atoms with Crippen molar-refractivity contribution >= 4 is 34.9 Å². The van der Waals surface area contributed by atoms with Crippen molar-refractivity contribution in [2.45, 2.75) is 6.54 Å². The maximum Gasteiger partial charge on any atom is 0.246 e. The summed E-state index contributed by atoms with van der Waals surface area (Å²) in [5.41, 5.74) is 0.891. The first-order valence-corrected chi connectivity index (χ1v) is 8.04. The normalized spacial score (nSPS) is 11.0. The number of hydrogen-bond donors (Lipinski definition) is 1. The quantitative estimate of drug-likeness (QED) is 0.714. The summed E-state index contributed by atoms with van der Waals surface area (Å²) in [4.78, 5) is 16.9. The number of hydrogen-bond acceptors (Lipinski definition) is 5. The smallest absolute Gasteiger partial charge is 0.246 e. The van der Waals surface area contributed by atoms with Crippen molar-refractivity contribution in [3.05, 3.63) is 64.3 Å². The number of amides is 1. The molecule has 0 aliphatic carbocycles. The number of benzene rings is 1. The molecule has 0 atom stereocenters. The number of nitrogens with one attached hydrogen (secondary N) is 1. The van der Waals surface area contributed by atoms with Gasteiger partial charge in [-0.1, -0.05) is 35.0 Å². The molecule has 2 aromatic heterocycles. The second-order valence-corrected chi connectivity index (χ2v) is 5.98. The molecule has 0 aliphatic heterocycles. The van der Waals surface area contributed by atoms with Gasteiger partial charge in [0.1, 0.15) is 0 Å². The molecule has 0 saturated carbocycles. The molecule has 0 spiro atoms. The van der Waals surface area contributed by atoms with E-state index in [9.17, 15) is 4.79 Å². The summed E-state index contributed by atoms with van der Waals surface area (Å²) < 4.78 is 5.11. The topological polar surface area (TPSA) is 68.0 Å². The molecule has 116 valence electrons. The predicted molar refractivity (Wildman–Crippen MR) is 89.9 cm³/mol. The minimum Gasteiger partial charge on any atom is -0.343 e. The summed E-state index contributed by atoms with van der Waals surface area (Å²) >= 11 is 7.33. The lowest BCUT2D eigenvalue weighted by Crippen LogP contribution is -2.20. The Morgan fingerprint density at radius 2 is 2.13 bits per heavy atom. The Labute approximate surface area is 141 Å². The maximum absolute atomic E-state index is 11.8. The van der Waals surface area contributed by atoms with Crippen LogP contribution in [-0.2, 0) is 11.3 Å². The van der Waals surface area contributed by atoms with E-state index in [1.807, 2.05) is 29.6 Å². The van der Waals surface area contributed by atoms with E-state index in [1.165, 1.54) is 17.4 Å². The van der Waals surface area contributed by atoms with E-state index in [0.29, 0.717) is 16.7 Å². The molecule has 3 rings (SSSR count). The summed E-state index contributed by atoms with van der Waals surface area (Å²) in [6.07, 6.45) is 3.15. The van der Waals surface area contributed by atoms with Gasteiger partial charge in [-0.2, -0.15) is 4.98 Å². The largest absolute Gasteiger partial charge is 0.343 e. The Kier molecular flexibility index (Phi) is 4.85. The van der Waals surface area contributed by atoms with Gasteiger partial charge in [0.25, 0.3) is 0 Å². The molecule has 1 aromatic carbocycles. The van der Waals surface area contributed by atoms with E-state index in [2.05, 4.69) is 15.5 Å². The lowest BCUT2D eigenvalue weighted by molar-refractivity contribution is -0.116. The van der Waals surface area contributed by atoms with E-state index >= 15 is 0 Å². The molecule has 23 heavy (non-hydrogen) atoms. The molecule has 1 N–H and O–H groups in total. The fourth-order valence-electron chi connectivity index (χ4n) is 1.80. The number of carbonyl (C=O) groups excluding carboxylic acids is 1. The van der Waals surface area contributed by atoms with Gasteiger partial charge in [0, 0.05) is 11.1 Å². The van der Waals surface area contributed by atoms with Crippen molar-refractivity contribution < 1.29 is 9.32 Å². The summed E-state index contributed by atoms with van der Waals surface area (Å²) in [5.74, 6) is 0.651. The van der Waals surface area contributed by atoms with E-state index in [-0.39, 0.29) is 12.5 Å². The summed E-state index contributed by atoms with van der Waals surface area (Å²) in [5, 5.41) is 9.17. The minimum absolute atomic E-state index is 0.183. The molecule has 2 heterocycles. The van der Waals surface area contributed by atoms with Crippen LogP contribution in [-0.4, -0.2) is 16.0 Å². The van der Waals surface area contributed by atoms with Crippen LogP contribution in [0, 0.1) is 0 Å². The van der Waals surface area contributed by atoms with Crippen LogP contribution in [0.1, 0.15) is 11.5 Å². The molecule has 0 radical (unpaired) electrons. The number of carbonyl (C=O) groups is 1. The van der Waals surface area contributed by atoms with E-state index in [1.54, 1.807) is 18.2 Å². The first kappa shape index (κ1) is 15.5. The molecule has 0 bridgehead atoms. The van der Waals surface area contributed by atoms with Gasteiger partial charge in [-0.15, -0.1) is 11.3 Å². The standard InChI is InChI=1S/C16H12ClN3O2S/c17-12-6-3-11(4-7-12)5-8-14(21)18-10-15-19-16(20-22-15)13-2-1-9-23-13/h1-9H,10H2,(H,18,21)/b8-5+. The molecule has 0 aliphatic rings. The van der Waals surface area contributed by atoms with Crippen LogP contribution in [0.15, 0.2) is 52.4 Å². The minimum atomic E-state index is -0.240. The molecular formula is C16H12ClN3O2S. The van der Waals surface area contributed by atoms with Gasteiger partial charge < -0.3 is 9.84 Å². The van der Waals surface area contributed by atoms with Crippen molar-refractivity contribution in [1.82, 2.24) is 15.5 Å².